The summed E-state index contributed by atoms with van der Waals surface area (Å²) in [6.07, 6.45) is 0.457. The Balaban J connectivity index is 2.25. The second-order valence-electron chi connectivity index (χ2n) is 3.12. The van der Waals surface area contributed by atoms with Crippen LogP contribution in [0.5, 0.6) is 5.75 Å². The number of ether oxygens (including phenoxy) is 1. The fourth-order valence-electron chi connectivity index (χ4n) is 1.09. The van der Waals surface area contributed by atoms with Crippen molar-refractivity contribution >= 4 is 5.97 Å². The monoisotopic (exact) mass is 243 g/mol. The molecule has 0 aliphatic carbocycles. The molecule has 1 aromatic carbocycles. The minimum atomic E-state index is -0.990. The number of benzene rings is 1. The van der Waals surface area contributed by atoms with Crippen molar-refractivity contribution in [1.82, 2.24) is 5.39 Å². The van der Waals surface area contributed by atoms with Gasteiger partial charge in [-0.05, 0) is 24.3 Å². The largest absolute Gasteiger partial charge is 0.494 e. The minimum absolute atomic E-state index is 0.0974. The number of aromatic carboxylic acids is 1. The SMILES string of the molecule is O=C(O)c1ccc(OCCCON(O)O)cc1. The van der Waals surface area contributed by atoms with E-state index >= 15 is 0 Å². The Morgan fingerprint density at radius 1 is 1.18 bits per heavy atom. The van der Waals surface area contributed by atoms with Gasteiger partial charge in [0, 0.05) is 6.42 Å². The maximum Gasteiger partial charge on any atom is 0.335 e. The highest BCUT2D eigenvalue weighted by molar-refractivity contribution is 5.87. The van der Waals surface area contributed by atoms with Crippen molar-refractivity contribution in [3.8, 4) is 5.75 Å². The molecular weight excluding hydrogens is 230 g/mol. The van der Waals surface area contributed by atoms with Crippen LogP contribution in [0, 0.1) is 0 Å². The number of hydrogen-bond acceptors (Lipinski definition) is 6. The van der Waals surface area contributed by atoms with Crippen molar-refractivity contribution in [2.24, 2.45) is 0 Å². The van der Waals surface area contributed by atoms with Crippen LogP contribution in [0.3, 0.4) is 0 Å². The van der Waals surface area contributed by atoms with Crippen molar-refractivity contribution in [2.75, 3.05) is 13.2 Å². The maximum atomic E-state index is 10.6. The molecule has 7 heteroatoms. The van der Waals surface area contributed by atoms with E-state index in [2.05, 4.69) is 4.84 Å². The molecule has 0 saturated heterocycles. The number of carboxylic acids is 1. The summed E-state index contributed by atoms with van der Waals surface area (Å²) in [4.78, 5) is 14.9. The van der Waals surface area contributed by atoms with Crippen LogP contribution in [0.2, 0.25) is 0 Å². The number of rotatable bonds is 7. The molecule has 0 aromatic heterocycles. The van der Waals surface area contributed by atoms with Crippen LogP contribution in [0.25, 0.3) is 0 Å². The van der Waals surface area contributed by atoms with E-state index in [4.69, 9.17) is 20.3 Å². The Bertz CT molecular complexity index is 350. The highest BCUT2D eigenvalue weighted by Gasteiger charge is 2.02. The highest BCUT2D eigenvalue weighted by atomic mass is 17.1. The van der Waals surface area contributed by atoms with Crippen molar-refractivity contribution in [3.63, 3.8) is 0 Å². The van der Waals surface area contributed by atoms with Gasteiger partial charge < -0.3 is 9.84 Å². The van der Waals surface area contributed by atoms with E-state index in [1.807, 2.05) is 0 Å². The zero-order valence-corrected chi connectivity index (χ0v) is 8.94. The lowest BCUT2D eigenvalue weighted by molar-refractivity contribution is -0.492. The van der Waals surface area contributed by atoms with Gasteiger partial charge in [0.2, 0.25) is 0 Å². The molecule has 0 atom stereocenters. The van der Waals surface area contributed by atoms with E-state index < -0.39 is 5.97 Å². The third kappa shape index (κ3) is 5.27. The molecule has 17 heavy (non-hydrogen) atoms. The summed E-state index contributed by atoms with van der Waals surface area (Å²) in [5.74, 6) is -0.448. The minimum Gasteiger partial charge on any atom is -0.494 e. The first kappa shape index (κ1) is 13.4. The molecule has 0 amide bonds. The van der Waals surface area contributed by atoms with Gasteiger partial charge in [0.25, 0.3) is 0 Å². The third-order valence-electron chi connectivity index (χ3n) is 1.87. The smallest absolute Gasteiger partial charge is 0.335 e. The average Bonchev–Trinajstić information content (AvgIpc) is 2.29. The standard InChI is InChI=1S/C10H13NO6/c12-10(13)8-2-4-9(5-3-8)16-6-1-7-17-11(14)15/h2-5,14-15H,1,6-7H2,(H,12,13). The summed E-state index contributed by atoms with van der Waals surface area (Å²) >= 11 is 0. The molecule has 0 spiro atoms. The zero-order chi connectivity index (χ0) is 12.7. The lowest BCUT2D eigenvalue weighted by atomic mass is 10.2. The van der Waals surface area contributed by atoms with Crippen LogP contribution in [-0.4, -0.2) is 40.1 Å². The first-order valence-corrected chi connectivity index (χ1v) is 4.86. The van der Waals surface area contributed by atoms with Gasteiger partial charge in [0.05, 0.1) is 24.2 Å². The quantitative estimate of drug-likeness (QED) is 0.488. The number of nitrogens with zero attached hydrogens (tertiary/aromatic N) is 1. The third-order valence-corrected chi connectivity index (χ3v) is 1.87. The molecule has 1 rings (SSSR count). The van der Waals surface area contributed by atoms with Crippen molar-refractivity contribution in [3.05, 3.63) is 29.8 Å². The highest BCUT2D eigenvalue weighted by Crippen LogP contribution is 2.12. The van der Waals surface area contributed by atoms with Crippen LogP contribution < -0.4 is 4.74 Å². The molecule has 0 aliphatic heterocycles. The first-order chi connectivity index (χ1) is 8.09. The fourth-order valence-corrected chi connectivity index (χ4v) is 1.09. The molecule has 0 fully saturated rings. The molecule has 0 bridgehead atoms. The summed E-state index contributed by atoms with van der Waals surface area (Å²) < 4.78 is 5.27. The van der Waals surface area contributed by atoms with Gasteiger partial charge in [0.1, 0.15) is 5.75 Å². The second kappa shape index (κ2) is 6.81. The first-order valence-electron chi connectivity index (χ1n) is 4.86. The van der Waals surface area contributed by atoms with E-state index in [1.165, 1.54) is 12.1 Å². The summed E-state index contributed by atoms with van der Waals surface area (Å²) in [5.41, 5.74) is 0.192. The van der Waals surface area contributed by atoms with Gasteiger partial charge in [-0.15, -0.1) is 0 Å². The van der Waals surface area contributed by atoms with E-state index in [9.17, 15) is 4.79 Å². The van der Waals surface area contributed by atoms with Crippen LogP contribution >= 0.6 is 0 Å². The van der Waals surface area contributed by atoms with Crippen molar-refractivity contribution < 1.29 is 29.9 Å². The fraction of sp³-hybridized carbons (Fsp3) is 0.300. The van der Waals surface area contributed by atoms with E-state index in [1.54, 1.807) is 12.1 Å². The lowest BCUT2D eigenvalue weighted by Gasteiger charge is -2.07. The van der Waals surface area contributed by atoms with Gasteiger partial charge in [-0.2, -0.15) is 0 Å². The lowest BCUT2D eigenvalue weighted by Crippen LogP contribution is -2.16. The van der Waals surface area contributed by atoms with E-state index in [0.717, 1.165) is 0 Å². The number of hydrogen-bond donors (Lipinski definition) is 3. The normalized spacial score (nSPS) is 10.5. The van der Waals surface area contributed by atoms with Crippen LogP contribution in [0.15, 0.2) is 24.3 Å². The molecule has 0 unspecified atom stereocenters. The second-order valence-corrected chi connectivity index (χ2v) is 3.12. The van der Waals surface area contributed by atoms with Crippen LogP contribution in [-0.2, 0) is 4.84 Å². The van der Waals surface area contributed by atoms with Crippen LogP contribution in [0.4, 0.5) is 0 Å². The molecule has 0 saturated carbocycles. The van der Waals surface area contributed by atoms with Crippen LogP contribution in [0.1, 0.15) is 16.8 Å². The molecule has 3 N–H and O–H groups in total. The molecule has 7 nitrogen and oxygen atoms in total. The summed E-state index contributed by atoms with van der Waals surface area (Å²) in [6.45, 7) is 0.417. The van der Waals surface area contributed by atoms with Gasteiger partial charge in [-0.1, -0.05) is 0 Å². The van der Waals surface area contributed by atoms with Gasteiger partial charge in [0.15, 0.2) is 0 Å². The van der Waals surface area contributed by atoms with Gasteiger partial charge in [-0.25, -0.2) is 4.79 Å². The Kier molecular flexibility index (Phi) is 5.37. The van der Waals surface area contributed by atoms with Crippen molar-refractivity contribution in [2.45, 2.75) is 6.42 Å². The topological polar surface area (TPSA) is 99.5 Å². The Labute approximate surface area is 97.3 Å². The predicted octanol–water partition coefficient (Wildman–Crippen LogP) is 1.17. The van der Waals surface area contributed by atoms with E-state index in [-0.39, 0.29) is 17.6 Å². The number of carbonyl (C=O) groups is 1. The summed E-state index contributed by atoms with van der Waals surface area (Å²) in [7, 11) is 0. The Morgan fingerprint density at radius 3 is 2.35 bits per heavy atom. The molecule has 0 aliphatic rings. The Hall–Kier alpha value is -1.67. The maximum absolute atomic E-state index is 10.6. The Morgan fingerprint density at radius 2 is 1.82 bits per heavy atom. The van der Waals surface area contributed by atoms with Crippen molar-refractivity contribution in [1.29, 1.82) is 0 Å². The average molecular weight is 243 g/mol. The molecule has 0 heterocycles. The summed E-state index contributed by atoms with van der Waals surface area (Å²) in [6, 6.07) is 5.98. The molecule has 94 valence electrons. The molecular formula is C10H13NO6. The van der Waals surface area contributed by atoms with Gasteiger partial charge >= 0.3 is 5.97 Å². The zero-order valence-electron chi connectivity index (χ0n) is 8.94. The predicted molar refractivity (Wildman–Crippen MR) is 54.9 cm³/mol. The molecule has 0 radical (unpaired) electrons. The summed E-state index contributed by atoms with van der Waals surface area (Å²) in [5, 5.41) is 24.7. The van der Waals surface area contributed by atoms with Gasteiger partial charge in [-0.3, -0.25) is 15.3 Å². The molecule has 1 aromatic rings. The number of carboxylic acid groups (broad SMARTS) is 1. The van der Waals surface area contributed by atoms with E-state index in [0.29, 0.717) is 18.8 Å².